The SMILES string of the molecule is CC(C)C(C(=O)O)C(=O)c1cocn1. The van der Waals surface area contributed by atoms with Crippen molar-refractivity contribution >= 4 is 11.8 Å². The second-order valence-corrected chi connectivity index (χ2v) is 3.30. The van der Waals surface area contributed by atoms with E-state index in [1.807, 2.05) is 0 Å². The first-order valence-electron chi connectivity index (χ1n) is 4.19. The largest absolute Gasteiger partial charge is 0.481 e. The van der Waals surface area contributed by atoms with E-state index in [2.05, 4.69) is 9.40 Å². The van der Waals surface area contributed by atoms with Crippen LogP contribution in [0.25, 0.3) is 0 Å². The van der Waals surface area contributed by atoms with E-state index in [1.165, 1.54) is 0 Å². The summed E-state index contributed by atoms with van der Waals surface area (Å²) in [5, 5.41) is 8.83. The number of rotatable bonds is 4. The first-order valence-corrected chi connectivity index (χ1v) is 4.19. The van der Waals surface area contributed by atoms with Crippen LogP contribution in [0.2, 0.25) is 0 Å². The molecule has 5 nitrogen and oxygen atoms in total. The molecule has 0 aromatic carbocycles. The van der Waals surface area contributed by atoms with Gasteiger partial charge in [0.05, 0.1) is 0 Å². The maximum Gasteiger partial charge on any atom is 0.314 e. The molecule has 1 aromatic heterocycles. The lowest BCUT2D eigenvalue weighted by Gasteiger charge is -2.12. The quantitative estimate of drug-likeness (QED) is 0.579. The topological polar surface area (TPSA) is 80.4 Å². The van der Waals surface area contributed by atoms with E-state index in [-0.39, 0.29) is 11.6 Å². The average molecular weight is 197 g/mol. The molecule has 0 aliphatic heterocycles. The lowest BCUT2D eigenvalue weighted by molar-refractivity contribution is -0.141. The predicted molar refractivity (Wildman–Crippen MR) is 46.8 cm³/mol. The van der Waals surface area contributed by atoms with Crippen molar-refractivity contribution in [3.63, 3.8) is 0 Å². The Bertz CT molecular complexity index is 329. The molecule has 1 aromatic rings. The van der Waals surface area contributed by atoms with Crippen LogP contribution in [0.1, 0.15) is 24.3 Å². The van der Waals surface area contributed by atoms with Crippen LogP contribution in [-0.4, -0.2) is 21.8 Å². The van der Waals surface area contributed by atoms with E-state index in [1.54, 1.807) is 13.8 Å². The molecule has 1 heterocycles. The summed E-state index contributed by atoms with van der Waals surface area (Å²) in [5.74, 6) is -2.97. The average Bonchev–Trinajstić information content (AvgIpc) is 2.53. The zero-order valence-corrected chi connectivity index (χ0v) is 7.93. The van der Waals surface area contributed by atoms with Gasteiger partial charge in [-0.3, -0.25) is 9.59 Å². The van der Waals surface area contributed by atoms with Gasteiger partial charge in [0.15, 0.2) is 12.2 Å². The molecular weight excluding hydrogens is 186 g/mol. The Kier molecular flexibility index (Phi) is 3.01. The summed E-state index contributed by atoms with van der Waals surface area (Å²) in [7, 11) is 0. The van der Waals surface area contributed by atoms with Crippen molar-refractivity contribution in [1.82, 2.24) is 4.98 Å². The molecule has 0 radical (unpaired) electrons. The van der Waals surface area contributed by atoms with Gasteiger partial charge in [0, 0.05) is 0 Å². The number of carbonyl (C=O) groups is 2. The predicted octanol–water partition coefficient (Wildman–Crippen LogP) is 1.21. The van der Waals surface area contributed by atoms with Gasteiger partial charge in [0.25, 0.3) is 0 Å². The number of carbonyl (C=O) groups excluding carboxylic acids is 1. The summed E-state index contributed by atoms with van der Waals surface area (Å²) in [5.41, 5.74) is 0.0612. The Balaban J connectivity index is 2.91. The molecule has 1 atom stereocenters. The smallest absolute Gasteiger partial charge is 0.314 e. The van der Waals surface area contributed by atoms with Crippen LogP contribution in [0.5, 0.6) is 0 Å². The summed E-state index contributed by atoms with van der Waals surface area (Å²) < 4.78 is 4.62. The minimum Gasteiger partial charge on any atom is -0.481 e. The number of oxazole rings is 1. The Morgan fingerprint density at radius 2 is 2.14 bits per heavy atom. The maximum absolute atomic E-state index is 11.6. The number of carboxylic acid groups (broad SMARTS) is 1. The molecule has 14 heavy (non-hydrogen) atoms. The second kappa shape index (κ2) is 4.04. The Morgan fingerprint density at radius 3 is 2.50 bits per heavy atom. The van der Waals surface area contributed by atoms with Gasteiger partial charge in [0.1, 0.15) is 17.9 Å². The highest BCUT2D eigenvalue weighted by atomic mass is 16.4. The van der Waals surface area contributed by atoms with Crippen molar-refractivity contribution in [2.24, 2.45) is 11.8 Å². The van der Waals surface area contributed by atoms with Crippen LogP contribution in [0.3, 0.4) is 0 Å². The molecule has 1 rings (SSSR count). The number of nitrogens with zero attached hydrogens (tertiary/aromatic N) is 1. The van der Waals surface area contributed by atoms with Crippen molar-refractivity contribution < 1.29 is 19.1 Å². The number of hydrogen-bond acceptors (Lipinski definition) is 4. The molecular formula is C9H11NO4. The highest BCUT2D eigenvalue weighted by Gasteiger charge is 2.31. The molecule has 76 valence electrons. The molecule has 0 bridgehead atoms. The van der Waals surface area contributed by atoms with Crippen LogP contribution in [0.15, 0.2) is 17.1 Å². The normalized spacial score (nSPS) is 12.8. The highest BCUT2D eigenvalue weighted by molar-refractivity contribution is 6.07. The lowest BCUT2D eigenvalue weighted by atomic mass is 9.90. The molecule has 0 fully saturated rings. The zero-order chi connectivity index (χ0) is 10.7. The lowest BCUT2D eigenvalue weighted by Crippen LogP contribution is -2.28. The molecule has 0 aliphatic carbocycles. The van der Waals surface area contributed by atoms with Crippen molar-refractivity contribution in [2.75, 3.05) is 0 Å². The van der Waals surface area contributed by atoms with Gasteiger partial charge >= 0.3 is 5.97 Å². The van der Waals surface area contributed by atoms with E-state index < -0.39 is 17.7 Å². The summed E-state index contributed by atoms with van der Waals surface area (Å²) in [6.07, 6.45) is 2.26. The summed E-state index contributed by atoms with van der Waals surface area (Å²) in [6.45, 7) is 3.35. The van der Waals surface area contributed by atoms with Crippen LogP contribution >= 0.6 is 0 Å². The van der Waals surface area contributed by atoms with E-state index >= 15 is 0 Å². The summed E-state index contributed by atoms with van der Waals surface area (Å²) >= 11 is 0. The van der Waals surface area contributed by atoms with Gasteiger partial charge in [-0.05, 0) is 5.92 Å². The van der Waals surface area contributed by atoms with Crippen LogP contribution in [0, 0.1) is 11.8 Å². The van der Waals surface area contributed by atoms with Gasteiger partial charge in [-0.2, -0.15) is 0 Å². The van der Waals surface area contributed by atoms with E-state index in [4.69, 9.17) is 5.11 Å². The van der Waals surface area contributed by atoms with Gasteiger partial charge < -0.3 is 9.52 Å². The minimum atomic E-state index is -1.13. The number of Topliss-reactive ketones (excluding diaryl/α,β-unsaturated/α-hetero) is 1. The first-order chi connectivity index (χ1) is 6.54. The summed E-state index contributed by atoms with van der Waals surface area (Å²) in [4.78, 5) is 26.0. The standard InChI is InChI=1S/C9H11NO4/c1-5(2)7(9(12)13)8(11)6-3-14-4-10-6/h3-5,7H,1-2H3,(H,12,13). The van der Waals surface area contributed by atoms with E-state index in [0.29, 0.717) is 0 Å². The fourth-order valence-electron chi connectivity index (χ4n) is 1.19. The number of carboxylic acids is 1. The highest BCUT2D eigenvalue weighted by Crippen LogP contribution is 2.16. The summed E-state index contributed by atoms with van der Waals surface area (Å²) in [6, 6.07) is 0. The van der Waals surface area contributed by atoms with Gasteiger partial charge in [-0.15, -0.1) is 0 Å². The van der Waals surface area contributed by atoms with Crippen molar-refractivity contribution in [1.29, 1.82) is 0 Å². The number of ketones is 1. The van der Waals surface area contributed by atoms with Gasteiger partial charge in [-0.1, -0.05) is 13.8 Å². The number of hydrogen-bond donors (Lipinski definition) is 1. The molecule has 0 aliphatic rings. The third-order valence-corrected chi connectivity index (χ3v) is 1.90. The fourth-order valence-corrected chi connectivity index (χ4v) is 1.19. The van der Waals surface area contributed by atoms with E-state index in [9.17, 15) is 9.59 Å². The zero-order valence-electron chi connectivity index (χ0n) is 7.93. The Hall–Kier alpha value is -1.65. The molecule has 0 amide bonds. The fraction of sp³-hybridized carbons (Fsp3) is 0.444. The molecule has 0 saturated heterocycles. The molecule has 1 unspecified atom stereocenters. The third-order valence-electron chi connectivity index (χ3n) is 1.90. The maximum atomic E-state index is 11.6. The number of aromatic nitrogens is 1. The monoisotopic (exact) mass is 197 g/mol. The molecule has 0 spiro atoms. The van der Waals surface area contributed by atoms with Crippen molar-refractivity contribution in [3.8, 4) is 0 Å². The molecule has 5 heteroatoms. The van der Waals surface area contributed by atoms with E-state index in [0.717, 1.165) is 12.7 Å². The van der Waals surface area contributed by atoms with Crippen LogP contribution in [0.4, 0.5) is 0 Å². The molecule has 1 N–H and O–H groups in total. The number of aliphatic carboxylic acids is 1. The van der Waals surface area contributed by atoms with Gasteiger partial charge in [0.2, 0.25) is 0 Å². The van der Waals surface area contributed by atoms with Crippen LogP contribution < -0.4 is 0 Å². The van der Waals surface area contributed by atoms with Crippen molar-refractivity contribution in [3.05, 3.63) is 18.4 Å². The second-order valence-electron chi connectivity index (χ2n) is 3.30. The van der Waals surface area contributed by atoms with Crippen LogP contribution in [-0.2, 0) is 4.79 Å². The van der Waals surface area contributed by atoms with Crippen molar-refractivity contribution in [2.45, 2.75) is 13.8 Å². The Labute approximate surface area is 80.8 Å². The first kappa shape index (κ1) is 10.4. The van der Waals surface area contributed by atoms with Gasteiger partial charge in [-0.25, -0.2) is 4.98 Å². The minimum absolute atomic E-state index is 0.0612. The third kappa shape index (κ3) is 1.99. The molecule has 0 saturated carbocycles. The Morgan fingerprint density at radius 1 is 1.50 bits per heavy atom.